The first-order valence-corrected chi connectivity index (χ1v) is 6.48. The summed E-state index contributed by atoms with van der Waals surface area (Å²) in [6.45, 7) is 2.08. The van der Waals surface area contributed by atoms with Crippen LogP contribution in [0.1, 0.15) is 21.7 Å². The number of aryl methyl sites for hydroxylation is 1. The zero-order valence-electron chi connectivity index (χ0n) is 11.6. The van der Waals surface area contributed by atoms with Crippen LogP contribution >= 0.6 is 0 Å². The third kappa shape index (κ3) is 3.85. The first kappa shape index (κ1) is 14.6. The lowest BCUT2D eigenvalue weighted by molar-refractivity contribution is 0.0697. The fourth-order valence-electron chi connectivity index (χ4n) is 1.98. The van der Waals surface area contributed by atoms with Crippen molar-refractivity contribution in [2.75, 3.05) is 11.9 Å². The molecular weight excluding hydrogens is 272 g/mol. The molecule has 0 bridgehead atoms. The highest BCUT2D eigenvalue weighted by molar-refractivity contribution is 6.01. The Kier molecular flexibility index (Phi) is 4.61. The molecule has 0 fully saturated rings. The van der Waals surface area contributed by atoms with Crippen molar-refractivity contribution < 1.29 is 19.1 Å². The molecule has 6 nitrogen and oxygen atoms in total. The van der Waals surface area contributed by atoms with Crippen LogP contribution in [0.25, 0.3) is 0 Å². The molecule has 1 aromatic carbocycles. The van der Waals surface area contributed by atoms with Gasteiger partial charge in [0.2, 0.25) is 0 Å². The van der Waals surface area contributed by atoms with Gasteiger partial charge in [0.25, 0.3) is 0 Å². The summed E-state index contributed by atoms with van der Waals surface area (Å²) in [5, 5.41) is 14.4. The molecule has 1 heterocycles. The van der Waals surface area contributed by atoms with Crippen LogP contribution in [0.3, 0.4) is 0 Å². The van der Waals surface area contributed by atoms with Crippen LogP contribution in [0, 0.1) is 6.92 Å². The third-order valence-electron chi connectivity index (χ3n) is 2.97. The smallest absolute Gasteiger partial charge is 0.338 e. The van der Waals surface area contributed by atoms with E-state index in [4.69, 9.17) is 4.42 Å². The van der Waals surface area contributed by atoms with Crippen molar-refractivity contribution in [2.24, 2.45) is 0 Å². The Morgan fingerprint density at radius 2 is 2.05 bits per heavy atom. The number of furan rings is 1. The topological polar surface area (TPSA) is 91.6 Å². The Morgan fingerprint density at radius 3 is 2.71 bits per heavy atom. The van der Waals surface area contributed by atoms with Crippen LogP contribution in [-0.2, 0) is 6.42 Å². The largest absolute Gasteiger partial charge is 0.478 e. The second-order valence-electron chi connectivity index (χ2n) is 4.51. The highest BCUT2D eigenvalue weighted by Gasteiger charge is 2.14. The number of carboxylic acids is 1. The van der Waals surface area contributed by atoms with E-state index in [1.807, 2.05) is 6.07 Å². The normalized spacial score (nSPS) is 10.1. The number of amides is 2. The molecule has 0 saturated carbocycles. The third-order valence-corrected chi connectivity index (χ3v) is 2.97. The van der Waals surface area contributed by atoms with Gasteiger partial charge < -0.3 is 20.2 Å². The van der Waals surface area contributed by atoms with Crippen LogP contribution in [0.15, 0.2) is 41.0 Å². The molecule has 2 amide bonds. The molecule has 0 aliphatic carbocycles. The Hall–Kier alpha value is -2.76. The second kappa shape index (κ2) is 6.60. The molecule has 0 unspecified atom stereocenters. The number of aromatic carboxylic acids is 1. The molecule has 0 radical (unpaired) electrons. The lowest BCUT2D eigenvalue weighted by atomic mass is 10.1. The van der Waals surface area contributed by atoms with Crippen LogP contribution in [0.2, 0.25) is 0 Å². The average Bonchev–Trinajstić information content (AvgIpc) is 2.91. The number of nitrogens with one attached hydrogen (secondary N) is 2. The summed E-state index contributed by atoms with van der Waals surface area (Å²) < 4.78 is 5.15. The Bertz CT molecular complexity index is 635. The van der Waals surface area contributed by atoms with Gasteiger partial charge in [-0.3, -0.25) is 0 Å². The Labute approximate surface area is 121 Å². The summed E-state index contributed by atoms with van der Waals surface area (Å²) in [6.07, 6.45) is 2.14. The number of hydrogen-bond acceptors (Lipinski definition) is 3. The summed E-state index contributed by atoms with van der Waals surface area (Å²) in [7, 11) is 0. The van der Waals surface area contributed by atoms with E-state index in [1.165, 1.54) is 0 Å². The molecule has 2 aromatic rings. The molecule has 0 spiro atoms. The minimum absolute atomic E-state index is 0.0960. The van der Waals surface area contributed by atoms with Crippen molar-refractivity contribution in [3.8, 4) is 0 Å². The lowest BCUT2D eigenvalue weighted by Gasteiger charge is -2.11. The maximum Gasteiger partial charge on any atom is 0.338 e. The quantitative estimate of drug-likeness (QED) is 0.788. The van der Waals surface area contributed by atoms with E-state index in [9.17, 15) is 14.7 Å². The van der Waals surface area contributed by atoms with Gasteiger partial charge >= 0.3 is 12.0 Å². The van der Waals surface area contributed by atoms with Crippen molar-refractivity contribution in [2.45, 2.75) is 13.3 Å². The summed E-state index contributed by atoms with van der Waals surface area (Å²) in [5.41, 5.74) is 0.965. The molecule has 110 valence electrons. The van der Waals surface area contributed by atoms with Gasteiger partial charge in [-0.1, -0.05) is 12.1 Å². The van der Waals surface area contributed by atoms with Crippen LogP contribution in [0.5, 0.6) is 0 Å². The molecular formula is C15H16N2O4. The van der Waals surface area contributed by atoms with E-state index in [0.29, 0.717) is 18.5 Å². The van der Waals surface area contributed by atoms with Gasteiger partial charge in [0.15, 0.2) is 0 Å². The molecule has 1 aromatic heterocycles. The Morgan fingerprint density at radius 1 is 1.24 bits per heavy atom. The monoisotopic (exact) mass is 288 g/mol. The molecule has 0 aliphatic heterocycles. The van der Waals surface area contributed by atoms with E-state index >= 15 is 0 Å². The van der Waals surface area contributed by atoms with E-state index < -0.39 is 12.0 Å². The minimum atomic E-state index is -1.07. The molecule has 0 atom stereocenters. The van der Waals surface area contributed by atoms with Crippen molar-refractivity contribution in [3.05, 3.63) is 53.5 Å². The second-order valence-corrected chi connectivity index (χ2v) is 4.51. The van der Waals surface area contributed by atoms with Gasteiger partial charge in [0.1, 0.15) is 5.76 Å². The maximum atomic E-state index is 11.8. The van der Waals surface area contributed by atoms with Crippen molar-refractivity contribution >= 4 is 17.7 Å². The summed E-state index contributed by atoms with van der Waals surface area (Å²) in [5.74, 6) is -0.295. The van der Waals surface area contributed by atoms with Crippen molar-refractivity contribution in [1.82, 2.24) is 5.32 Å². The van der Waals surface area contributed by atoms with Crippen molar-refractivity contribution in [1.29, 1.82) is 0 Å². The number of carbonyl (C=O) groups excluding carboxylic acids is 1. The van der Waals surface area contributed by atoms with E-state index in [1.54, 1.807) is 37.5 Å². The summed E-state index contributed by atoms with van der Waals surface area (Å²) >= 11 is 0. The van der Waals surface area contributed by atoms with Gasteiger partial charge in [0.05, 0.1) is 17.5 Å². The minimum Gasteiger partial charge on any atom is -0.478 e. The fraction of sp³-hybridized carbons (Fsp3) is 0.200. The van der Waals surface area contributed by atoms with Gasteiger partial charge in [-0.2, -0.15) is 0 Å². The van der Waals surface area contributed by atoms with E-state index in [0.717, 1.165) is 5.76 Å². The SMILES string of the molecule is Cc1cccc(NC(=O)NCCc2ccco2)c1C(=O)O. The molecule has 6 heteroatoms. The standard InChI is InChI=1S/C15H16N2O4/c1-10-4-2-6-12(13(10)14(18)19)17-15(20)16-8-7-11-5-3-9-21-11/h2-6,9H,7-8H2,1H3,(H,18,19)(H2,16,17,20). The number of hydrogen-bond donors (Lipinski definition) is 3. The zero-order valence-corrected chi connectivity index (χ0v) is 11.6. The zero-order chi connectivity index (χ0) is 15.2. The van der Waals surface area contributed by atoms with Gasteiger partial charge in [-0.15, -0.1) is 0 Å². The van der Waals surface area contributed by atoms with E-state index in [2.05, 4.69) is 10.6 Å². The fourth-order valence-corrected chi connectivity index (χ4v) is 1.98. The molecule has 3 N–H and O–H groups in total. The number of rotatable bonds is 5. The highest BCUT2D eigenvalue weighted by Crippen LogP contribution is 2.19. The van der Waals surface area contributed by atoms with Crippen LogP contribution < -0.4 is 10.6 Å². The predicted octanol–water partition coefficient (Wildman–Crippen LogP) is 2.65. The number of anilines is 1. The van der Waals surface area contributed by atoms with Gasteiger partial charge in [-0.25, -0.2) is 9.59 Å². The average molecular weight is 288 g/mol. The van der Waals surface area contributed by atoms with Gasteiger partial charge in [-0.05, 0) is 30.7 Å². The highest BCUT2D eigenvalue weighted by atomic mass is 16.4. The Balaban J connectivity index is 1.93. The number of carboxylic acid groups (broad SMARTS) is 1. The molecule has 21 heavy (non-hydrogen) atoms. The lowest BCUT2D eigenvalue weighted by Crippen LogP contribution is -2.31. The number of urea groups is 1. The molecule has 0 saturated heterocycles. The summed E-state index contributed by atoms with van der Waals surface area (Å²) in [6, 6.07) is 8.09. The number of benzene rings is 1. The first-order valence-electron chi connectivity index (χ1n) is 6.48. The van der Waals surface area contributed by atoms with Crippen LogP contribution in [0.4, 0.5) is 10.5 Å². The van der Waals surface area contributed by atoms with Gasteiger partial charge in [0, 0.05) is 13.0 Å². The summed E-state index contributed by atoms with van der Waals surface area (Å²) in [4.78, 5) is 23.0. The molecule has 0 aliphatic rings. The number of carbonyl (C=O) groups is 2. The van der Waals surface area contributed by atoms with E-state index in [-0.39, 0.29) is 11.3 Å². The van der Waals surface area contributed by atoms with Crippen molar-refractivity contribution in [3.63, 3.8) is 0 Å². The maximum absolute atomic E-state index is 11.8. The molecule has 2 rings (SSSR count). The van der Waals surface area contributed by atoms with Crippen LogP contribution in [-0.4, -0.2) is 23.7 Å². The first-order chi connectivity index (χ1) is 10.1. The predicted molar refractivity (Wildman–Crippen MR) is 77.6 cm³/mol.